The largest absolute Gasteiger partial charge is 0.349 e. The minimum Gasteiger partial charge on any atom is -0.349 e. The van der Waals surface area contributed by atoms with Gasteiger partial charge in [-0.15, -0.1) is 0 Å². The SMILES string of the molecule is CCCCCCCCS(=O)(=O)Nc1ccc(-c2ccccc2)cc1C(=O)C(=O)NCCCNC. The van der Waals surface area contributed by atoms with Crippen molar-refractivity contribution < 1.29 is 18.0 Å². The van der Waals surface area contributed by atoms with Crippen LogP contribution in [0.25, 0.3) is 11.1 Å². The van der Waals surface area contributed by atoms with E-state index in [9.17, 15) is 18.0 Å². The van der Waals surface area contributed by atoms with Crippen molar-refractivity contribution in [3.05, 3.63) is 54.1 Å². The molecule has 1 amide bonds. The molecule has 2 aromatic rings. The lowest BCUT2D eigenvalue weighted by atomic mass is 9.99. The summed E-state index contributed by atoms with van der Waals surface area (Å²) >= 11 is 0. The summed E-state index contributed by atoms with van der Waals surface area (Å²) in [6.45, 7) is 3.20. The van der Waals surface area contributed by atoms with Crippen LogP contribution in [-0.2, 0) is 14.8 Å². The van der Waals surface area contributed by atoms with E-state index >= 15 is 0 Å². The summed E-state index contributed by atoms with van der Waals surface area (Å²) < 4.78 is 27.9. The van der Waals surface area contributed by atoms with Crippen LogP contribution in [0.2, 0.25) is 0 Å². The van der Waals surface area contributed by atoms with Crippen molar-refractivity contribution in [2.45, 2.75) is 51.9 Å². The zero-order valence-corrected chi connectivity index (χ0v) is 21.0. The van der Waals surface area contributed by atoms with Crippen molar-refractivity contribution in [1.82, 2.24) is 10.6 Å². The number of unbranched alkanes of at least 4 members (excludes halogenated alkanes) is 5. The Labute approximate surface area is 203 Å². The van der Waals surface area contributed by atoms with Crippen LogP contribution in [0.3, 0.4) is 0 Å². The Morgan fingerprint density at radius 1 is 0.824 bits per heavy atom. The average molecular weight is 488 g/mol. The number of carbonyl (C=O) groups is 2. The van der Waals surface area contributed by atoms with Crippen molar-refractivity contribution in [1.29, 1.82) is 0 Å². The van der Waals surface area contributed by atoms with Crippen LogP contribution < -0.4 is 15.4 Å². The number of hydrogen-bond acceptors (Lipinski definition) is 5. The lowest BCUT2D eigenvalue weighted by Crippen LogP contribution is -2.33. The molecule has 0 aliphatic carbocycles. The number of Topliss-reactive ketones (excluding diaryl/α,β-unsaturated/α-hetero) is 1. The first-order valence-electron chi connectivity index (χ1n) is 12.0. The highest BCUT2D eigenvalue weighted by Gasteiger charge is 2.22. The molecule has 34 heavy (non-hydrogen) atoms. The Morgan fingerprint density at radius 3 is 2.24 bits per heavy atom. The second-order valence-electron chi connectivity index (χ2n) is 8.36. The minimum absolute atomic E-state index is 0.0244. The van der Waals surface area contributed by atoms with E-state index in [1.54, 1.807) is 18.2 Å². The highest BCUT2D eigenvalue weighted by Crippen LogP contribution is 2.27. The Kier molecular flexibility index (Phi) is 11.8. The summed E-state index contributed by atoms with van der Waals surface area (Å²) in [5.41, 5.74) is 1.76. The van der Waals surface area contributed by atoms with Crippen molar-refractivity contribution in [2.75, 3.05) is 30.6 Å². The smallest absolute Gasteiger partial charge is 0.292 e. The van der Waals surface area contributed by atoms with Crippen LogP contribution in [0.1, 0.15) is 62.2 Å². The standard InChI is InChI=1S/C26H37N3O4S/c1-3-4-5-6-7-11-19-34(32,33)29-24-16-15-22(21-13-9-8-10-14-21)20-23(24)25(30)26(31)28-18-12-17-27-2/h8-10,13-16,20,27,29H,3-7,11-12,17-19H2,1-2H3,(H,28,31). The van der Waals surface area contributed by atoms with Crippen molar-refractivity contribution in [2.24, 2.45) is 0 Å². The Bertz CT molecular complexity index is 1020. The molecule has 0 saturated heterocycles. The third-order valence-corrected chi connectivity index (χ3v) is 6.86. The molecular weight excluding hydrogens is 450 g/mol. The number of rotatable bonds is 16. The molecule has 0 bridgehead atoms. The van der Waals surface area contributed by atoms with Gasteiger partial charge in [-0.2, -0.15) is 0 Å². The van der Waals surface area contributed by atoms with Gasteiger partial charge in [0.15, 0.2) is 0 Å². The Hall–Kier alpha value is -2.71. The minimum atomic E-state index is -3.65. The molecule has 7 nitrogen and oxygen atoms in total. The lowest BCUT2D eigenvalue weighted by Gasteiger charge is -2.14. The molecule has 186 valence electrons. The Balaban J connectivity index is 2.19. The van der Waals surface area contributed by atoms with Gasteiger partial charge in [-0.3, -0.25) is 14.3 Å². The highest BCUT2D eigenvalue weighted by molar-refractivity contribution is 7.92. The van der Waals surface area contributed by atoms with Gasteiger partial charge in [-0.05, 0) is 49.7 Å². The summed E-state index contributed by atoms with van der Waals surface area (Å²) in [4.78, 5) is 25.5. The molecule has 0 spiro atoms. The zero-order chi connectivity index (χ0) is 24.8. The fourth-order valence-electron chi connectivity index (χ4n) is 3.59. The molecule has 0 aliphatic heterocycles. The van der Waals surface area contributed by atoms with E-state index in [-0.39, 0.29) is 17.0 Å². The molecule has 2 aromatic carbocycles. The van der Waals surface area contributed by atoms with Crippen LogP contribution in [0.15, 0.2) is 48.5 Å². The quantitative estimate of drug-likeness (QED) is 0.185. The molecule has 2 rings (SSSR count). The predicted octanol–water partition coefficient (Wildman–Crippen LogP) is 4.36. The zero-order valence-electron chi connectivity index (χ0n) is 20.2. The van der Waals surface area contributed by atoms with Gasteiger partial charge in [-0.1, -0.05) is 75.4 Å². The molecule has 0 aliphatic rings. The molecule has 0 atom stereocenters. The number of sulfonamides is 1. The van der Waals surface area contributed by atoms with Gasteiger partial charge in [-0.25, -0.2) is 8.42 Å². The first-order chi connectivity index (χ1) is 16.4. The van der Waals surface area contributed by atoms with Gasteiger partial charge in [0.05, 0.1) is 17.0 Å². The molecule has 0 aromatic heterocycles. The topological polar surface area (TPSA) is 104 Å². The van der Waals surface area contributed by atoms with Crippen molar-refractivity contribution in [3.8, 4) is 11.1 Å². The number of hydrogen-bond donors (Lipinski definition) is 3. The molecule has 0 unspecified atom stereocenters. The number of ketones is 1. The monoisotopic (exact) mass is 487 g/mol. The summed E-state index contributed by atoms with van der Waals surface area (Å²) in [6, 6.07) is 14.3. The molecule has 0 radical (unpaired) electrons. The van der Waals surface area contributed by atoms with Gasteiger partial charge >= 0.3 is 0 Å². The van der Waals surface area contributed by atoms with Gasteiger partial charge in [0.25, 0.3) is 11.7 Å². The second-order valence-corrected chi connectivity index (χ2v) is 10.2. The molecule has 8 heteroatoms. The maximum atomic E-state index is 13.0. The molecule has 3 N–H and O–H groups in total. The number of amides is 1. The fourth-order valence-corrected chi connectivity index (χ4v) is 4.79. The van der Waals surface area contributed by atoms with E-state index in [0.29, 0.717) is 25.9 Å². The van der Waals surface area contributed by atoms with Crippen molar-refractivity contribution in [3.63, 3.8) is 0 Å². The highest BCUT2D eigenvalue weighted by atomic mass is 32.2. The van der Waals surface area contributed by atoms with Crippen LogP contribution in [0, 0.1) is 0 Å². The fraction of sp³-hybridized carbons (Fsp3) is 0.462. The second kappa shape index (κ2) is 14.5. The number of carbonyl (C=O) groups excluding carboxylic acids is 2. The van der Waals surface area contributed by atoms with Crippen molar-refractivity contribution >= 4 is 27.4 Å². The van der Waals surface area contributed by atoms with Gasteiger partial charge in [0, 0.05) is 6.54 Å². The lowest BCUT2D eigenvalue weighted by molar-refractivity contribution is -0.117. The number of anilines is 1. The summed E-state index contributed by atoms with van der Waals surface area (Å²) in [5, 5.41) is 5.60. The van der Waals surface area contributed by atoms with Gasteiger partial charge < -0.3 is 10.6 Å². The maximum absolute atomic E-state index is 13.0. The molecular formula is C26H37N3O4S. The molecule has 0 heterocycles. The van der Waals surface area contributed by atoms with Gasteiger partial charge in [0.1, 0.15) is 0 Å². The summed E-state index contributed by atoms with van der Waals surface area (Å²) in [5.74, 6) is -1.54. The Morgan fingerprint density at radius 2 is 1.53 bits per heavy atom. The van der Waals surface area contributed by atoms with E-state index in [1.165, 1.54) is 0 Å². The third kappa shape index (κ3) is 9.27. The van der Waals surface area contributed by atoms with Crippen LogP contribution in [0.5, 0.6) is 0 Å². The summed E-state index contributed by atoms with van der Waals surface area (Å²) in [7, 11) is -1.84. The van der Waals surface area contributed by atoms with E-state index in [2.05, 4.69) is 22.3 Å². The normalized spacial score (nSPS) is 11.2. The van der Waals surface area contributed by atoms with Crippen LogP contribution in [-0.4, -0.2) is 46.0 Å². The molecule has 0 saturated carbocycles. The van der Waals surface area contributed by atoms with E-state index in [1.807, 2.05) is 37.4 Å². The van der Waals surface area contributed by atoms with E-state index in [0.717, 1.165) is 43.2 Å². The predicted molar refractivity (Wildman–Crippen MR) is 139 cm³/mol. The van der Waals surface area contributed by atoms with Crippen LogP contribution in [0.4, 0.5) is 5.69 Å². The maximum Gasteiger partial charge on any atom is 0.292 e. The van der Waals surface area contributed by atoms with Crippen LogP contribution >= 0.6 is 0 Å². The van der Waals surface area contributed by atoms with E-state index in [4.69, 9.17) is 0 Å². The first kappa shape index (κ1) is 27.5. The van der Waals surface area contributed by atoms with E-state index < -0.39 is 21.7 Å². The van der Waals surface area contributed by atoms with Gasteiger partial charge in [0.2, 0.25) is 10.0 Å². The third-order valence-electron chi connectivity index (χ3n) is 5.50. The first-order valence-corrected chi connectivity index (χ1v) is 13.7. The average Bonchev–Trinajstić information content (AvgIpc) is 2.84. The number of nitrogens with one attached hydrogen (secondary N) is 3. The number of benzene rings is 2. The summed E-state index contributed by atoms with van der Waals surface area (Å²) in [6.07, 6.45) is 6.47. The molecule has 0 fully saturated rings.